The fourth-order valence-corrected chi connectivity index (χ4v) is 1.69. The van der Waals surface area contributed by atoms with Crippen molar-refractivity contribution in [2.75, 3.05) is 12.3 Å². The van der Waals surface area contributed by atoms with Crippen LogP contribution in [0.15, 0.2) is 12.3 Å². The first kappa shape index (κ1) is 12.9. The van der Waals surface area contributed by atoms with Crippen LogP contribution in [-0.4, -0.2) is 17.2 Å². The lowest BCUT2D eigenvalue weighted by atomic mass is 9.92. The van der Waals surface area contributed by atoms with Gasteiger partial charge in [-0.15, -0.1) is 0 Å². The number of ether oxygens (including phenoxy) is 1. The minimum atomic E-state index is -0.446. The molecule has 1 aromatic rings. The minimum absolute atomic E-state index is 0.278. The van der Waals surface area contributed by atoms with Gasteiger partial charge in [0, 0.05) is 18.4 Å². The maximum atomic E-state index is 6.18. The van der Waals surface area contributed by atoms with Crippen molar-refractivity contribution in [2.24, 2.45) is 5.73 Å². The van der Waals surface area contributed by atoms with Gasteiger partial charge >= 0.3 is 0 Å². The normalized spacial score (nSPS) is 13.8. The molecule has 0 bridgehead atoms. The van der Waals surface area contributed by atoms with Crippen molar-refractivity contribution < 1.29 is 4.74 Å². The van der Waals surface area contributed by atoms with E-state index in [0.717, 1.165) is 11.1 Å². The molecule has 0 fully saturated rings. The van der Waals surface area contributed by atoms with E-state index in [-0.39, 0.29) is 6.04 Å². The van der Waals surface area contributed by atoms with Crippen molar-refractivity contribution in [1.29, 1.82) is 0 Å². The molecule has 1 unspecified atom stereocenters. The highest BCUT2D eigenvalue weighted by Gasteiger charge is 2.29. The summed E-state index contributed by atoms with van der Waals surface area (Å²) in [5.41, 5.74) is 13.5. The third kappa shape index (κ3) is 2.71. The first-order valence-corrected chi connectivity index (χ1v) is 5.50. The number of anilines is 1. The molecule has 0 aliphatic rings. The van der Waals surface area contributed by atoms with Gasteiger partial charge in [0.05, 0.1) is 11.6 Å². The van der Waals surface area contributed by atoms with Crippen LogP contribution in [0.4, 0.5) is 5.82 Å². The summed E-state index contributed by atoms with van der Waals surface area (Å²) in [4.78, 5) is 4.12. The van der Waals surface area contributed by atoms with E-state index in [4.69, 9.17) is 16.2 Å². The Morgan fingerprint density at radius 1 is 1.50 bits per heavy atom. The molecule has 1 rings (SSSR count). The third-order valence-corrected chi connectivity index (χ3v) is 2.69. The zero-order chi connectivity index (χ0) is 12.3. The quantitative estimate of drug-likeness (QED) is 0.816. The number of pyridine rings is 1. The average molecular weight is 223 g/mol. The molecule has 4 heteroatoms. The summed E-state index contributed by atoms with van der Waals surface area (Å²) in [6.45, 7) is 8.47. The predicted molar refractivity (Wildman–Crippen MR) is 66.0 cm³/mol. The summed E-state index contributed by atoms with van der Waals surface area (Å²) >= 11 is 0. The second kappa shape index (κ2) is 4.80. The molecule has 4 nitrogen and oxygen atoms in total. The Kier molecular flexibility index (Phi) is 3.88. The lowest BCUT2D eigenvalue weighted by Gasteiger charge is -2.32. The Morgan fingerprint density at radius 2 is 2.12 bits per heavy atom. The molecule has 0 spiro atoms. The Balaban J connectivity index is 3.03. The van der Waals surface area contributed by atoms with Crippen LogP contribution in [0.25, 0.3) is 0 Å². The van der Waals surface area contributed by atoms with Crippen molar-refractivity contribution in [3.63, 3.8) is 0 Å². The summed E-state index contributed by atoms with van der Waals surface area (Å²) in [7, 11) is 0. The highest BCUT2D eigenvalue weighted by Crippen LogP contribution is 2.29. The van der Waals surface area contributed by atoms with Gasteiger partial charge in [-0.05, 0) is 39.3 Å². The van der Waals surface area contributed by atoms with E-state index in [1.165, 1.54) is 0 Å². The molecule has 4 N–H and O–H groups in total. The van der Waals surface area contributed by atoms with Crippen LogP contribution in [-0.2, 0) is 4.74 Å². The molecule has 0 aromatic carbocycles. The largest absolute Gasteiger partial charge is 0.383 e. The van der Waals surface area contributed by atoms with E-state index in [2.05, 4.69) is 4.98 Å². The van der Waals surface area contributed by atoms with Gasteiger partial charge in [0.15, 0.2) is 0 Å². The summed E-state index contributed by atoms with van der Waals surface area (Å²) in [5.74, 6) is 0.478. The Bertz CT molecular complexity index is 363. The molecule has 90 valence electrons. The fraction of sp³-hybridized carbons (Fsp3) is 0.583. The topological polar surface area (TPSA) is 74.2 Å². The van der Waals surface area contributed by atoms with Crippen LogP contribution in [0, 0.1) is 6.92 Å². The van der Waals surface area contributed by atoms with Gasteiger partial charge < -0.3 is 16.2 Å². The predicted octanol–water partition coefficient (Wildman–Crippen LogP) is 1.79. The number of rotatable bonds is 4. The lowest BCUT2D eigenvalue weighted by Crippen LogP contribution is -2.38. The molecule has 1 heterocycles. The second-order valence-corrected chi connectivity index (χ2v) is 4.50. The van der Waals surface area contributed by atoms with Crippen molar-refractivity contribution in [2.45, 2.75) is 39.3 Å². The van der Waals surface area contributed by atoms with E-state index in [0.29, 0.717) is 12.4 Å². The molecular weight excluding hydrogens is 202 g/mol. The number of nitrogens with two attached hydrogens (primary N) is 2. The molecule has 1 atom stereocenters. The Morgan fingerprint density at radius 3 is 2.69 bits per heavy atom. The van der Waals surface area contributed by atoms with Crippen LogP contribution in [0.5, 0.6) is 0 Å². The van der Waals surface area contributed by atoms with Crippen LogP contribution in [0.2, 0.25) is 0 Å². The standard InChI is InChI=1S/C12H21N3O/c1-5-16-12(3,4)10(13)9-6-8(2)7-15-11(9)14/h6-7,10H,5,13H2,1-4H3,(H2,14,15). The lowest BCUT2D eigenvalue weighted by molar-refractivity contribution is -0.0297. The molecule has 16 heavy (non-hydrogen) atoms. The molecule has 0 saturated carbocycles. The average Bonchev–Trinajstić information content (AvgIpc) is 2.20. The molecule has 0 aliphatic heterocycles. The molecule has 0 radical (unpaired) electrons. The van der Waals surface area contributed by atoms with Gasteiger partial charge in [0.2, 0.25) is 0 Å². The van der Waals surface area contributed by atoms with Gasteiger partial charge in [-0.25, -0.2) is 4.98 Å². The number of aromatic nitrogens is 1. The van der Waals surface area contributed by atoms with E-state index >= 15 is 0 Å². The smallest absolute Gasteiger partial charge is 0.128 e. The van der Waals surface area contributed by atoms with E-state index < -0.39 is 5.60 Å². The van der Waals surface area contributed by atoms with Crippen molar-refractivity contribution in [3.8, 4) is 0 Å². The first-order valence-electron chi connectivity index (χ1n) is 5.50. The second-order valence-electron chi connectivity index (χ2n) is 4.50. The fourth-order valence-electron chi connectivity index (χ4n) is 1.69. The number of nitrogen functional groups attached to an aromatic ring is 1. The minimum Gasteiger partial charge on any atom is -0.383 e. The van der Waals surface area contributed by atoms with Gasteiger partial charge in [-0.1, -0.05) is 0 Å². The molecule has 0 amide bonds. The number of hydrogen-bond donors (Lipinski definition) is 2. The summed E-state index contributed by atoms with van der Waals surface area (Å²) in [6, 6.07) is 1.69. The number of hydrogen-bond acceptors (Lipinski definition) is 4. The maximum Gasteiger partial charge on any atom is 0.128 e. The van der Waals surface area contributed by atoms with Gasteiger partial charge in [-0.2, -0.15) is 0 Å². The monoisotopic (exact) mass is 223 g/mol. The van der Waals surface area contributed by atoms with Crippen molar-refractivity contribution >= 4 is 5.82 Å². The summed E-state index contributed by atoms with van der Waals surface area (Å²) in [6.07, 6.45) is 1.74. The van der Waals surface area contributed by atoms with Crippen LogP contribution >= 0.6 is 0 Å². The van der Waals surface area contributed by atoms with Crippen LogP contribution in [0.1, 0.15) is 37.9 Å². The van der Waals surface area contributed by atoms with E-state index in [1.54, 1.807) is 6.20 Å². The highest BCUT2D eigenvalue weighted by molar-refractivity contribution is 5.43. The third-order valence-electron chi connectivity index (χ3n) is 2.69. The zero-order valence-corrected chi connectivity index (χ0v) is 10.4. The van der Waals surface area contributed by atoms with Crippen LogP contribution < -0.4 is 11.5 Å². The van der Waals surface area contributed by atoms with Crippen molar-refractivity contribution in [3.05, 3.63) is 23.4 Å². The maximum absolute atomic E-state index is 6.18. The molecular formula is C12H21N3O. The SMILES string of the molecule is CCOC(C)(C)C(N)c1cc(C)cnc1N. The van der Waals surface area contributed by atoms with Gasteiger partial charge in [0.1, 0.15) is 5.82 Å². The highest BCUT2D eigenvalue weighted by atomic mass is 16.5. The molecule has 1 aromatic heterocycles. The summed E-state index contributed by atoms with van der Waals surface area (Å²) in [5, 5.41) is 0. The van der Waals surface area contributed by atoms with E-state index in [9.17, 15) is 0 Å². The number of aryl methyl sites for hydroxylation is 1. The summed E-state index contributed by atoms with van der Waals surface area (Å²) < 4.78 is 5.63. The molecule has 0 aliphatic carbocycles. The van der Waals surface area contributed by atoms with Crippen molar-refractivity contribution in [1.82, 2.24) is 4.98 Å². The van der Waals surface area contributed by atoms with E-state index in [1.807, 2.05) is 33.8 Å². The van der Waals surface area contributed by atoms with Gasteiger partial charge in [-0.3, -0.25) is 0 Å². The van der Waals surface area contributed by atoms with Gasteiger partial charge in [0.25, 0.3) is 0 Å². The Labute approximate surface area is 97.0 Å². The zero-order valence-electron chi connectivity index (χ0n) is 10.4. The van der Waals surface area contributed by atoms with Crippen LogP contribution in [0.3, 0.4) is 0 Å². The Hall–Kier alpha value is -1.13. The molecule has 0 saturated heterocycles. The first-order chi connectivity index (χ1) is 7.38. The number of nitrogens with zero attached hydrogens (tertiary/aromatic N) is 1.